The number of sulfonamides is 1. The Labute approximate surface area is 193 Å². The number of nitrogens with zero attached hydrogens (tertiary/aromatic N) is 2. The topological polar surface area (TPSA) is 79.4 Å². The second-order valence-electron chi connectivity index (χ2n) is 8.65. The molecule has 32 heavy (non-hydrogen) atoms. The molecular formula is C24H27N3O3S2. The molecule has 6 nitrogen and oxygen atoms in total. The van der Waals surface area contributed by atoms with Gasteiger partial charge >= 0.3 is 0 Å². The van der Waals surface area contributed by atoms with E-state index in [1.807, 2.05) is 36.6 Å². The average molecular weight is 470 g/mol. The van der Waals surface area contributed by atoms with E-state index in [1.54, 1.807) is 16.4 Å². The predicted octanol–water partition coefficient (Wildman–Crippen LogP) is 5.04. The number of aryl methyl sites for hydroxylation is 1. The molecule has 0 spiro atoms. The molecule has 2 unspecified atom stereocenters. The summed E-state index contributed by atoms with van der Waals surface area (Å²) >= 11 is 1.35. The van der Waals surface area contributed by atoms with Crippen molar-refractivity contribution >= 4 is 32.4 Å². The molecule has 3 aromatic rings. The molecule has 1 saturated heterocycles. The van der Waals surface area contributed by atoms with Crippen molar-refractivity contribution in [2.45, 2.75) is 32.1 Å². The number of anilines is 1. The molecule has 2 aromatic carbocycles. The number of thiazole rings is 1. The maximum atomic E-state index is 13.0. The van der Waals surface area contributed by atoms with Gasteiger partial charge in [0.1, 0.15) is 0 Å². The molecular weight excluding hydrogens is 442 g/mol. The summed E-state index contributed by atoms with van der Waals surface area (Å²) in [6.07, 6.45) is 1.04. The quantitative estimate of drug-likeness (QED) is 0.568. The van der Waals surface area contributed by atoms with Crippen molar-refractivity contribution in [2.24, 2.45) is 11.8 Å². The first kappa shape index (κ1) is 22.6. The van der Waals surface area contributed by atoms with E-state index in [2.05, 4.69) is 24.1 Å². The molecule has 0 bridgehead atoms. The Morgan fingerprint density at radius 2 is 1.66 bits per heavy atom. The summed E-state index contributed by atoms with van der Waals surface area (Å²) in [6.45, 7) is 7.24. The Balaban J connectivity index is 1.45. The molecule has 1 aliphatic rings. The summed E-state index contributed by atoms with van der Waals surface area (Å²) in [5, 5.41) is 5.20. The minimum Gasteiger partial charge on any atom is -0.298 e. The van der Waals surface area contributed by atoms with Gasteiger partial charge in [-0.1, -0.05) is 43.7 Å². The van der Waals surface area contributed by atoms with Crippen LogP contribution >= 0.6 is 11.3 Å². The number of benzene rings is 2. The van der Waals surface area contributed by atoms with Gasteiger partial charge in [0.2, 0.25) is 10.0 Å². The van der Waals surface area contributed by atoms with E-state index in [-0.39, 0.29) is 10.8 Å². The Hall–Kier alpha value is -2.55. The fraction of sp³-hybridized carbons (Fsp3) is 0.333. The van der Waals surface area contributed by atoms with Gasteiger partial charge in [-0.3, -0.25) is 10.1 Å². The standard InChI is InChI=1S/C24H27N3O3S2/c1-16-4-6-19(7-5-16)22-15-31-24(25-22)26-23(28)20-8-10-21(11-9-20)32(29,30)27-13-17(2)12-18(3)14-27/h4-11,15,17-18H,12-14H2,1-3H3,(H,25,26,28). The van der Waals surface area contributed by atoms with Crippen molar-refractivity contribution in [3.8, 4) is 11.3 Å². The summed E-state index contributed by atoms with van der Waals surface area (Å²) < 4.78 is 27.6. The van der Waals surface area contributed by atoms with E-state index in [0.29, 0.717) is 35.6 Å². The van der Waals surface area contributed by atoms with Gasteiger partial charge in [-0.05, 0) is 49.4 Å². The number of rotatable bonds is 5. The molecule has 2 atom stereocenters. The van der Waals surface area contributed by atoms with Gasteiger partial charge < -0.3 is 0 Å². The average Bonchev–Trinajstić information content (AvgIpc) is 3.22. The number of carbonyl (C=O) groups excluding carboxylic acids is 1. The van der Waals surface area contributed by atoms with Crippen LogP contribution in [-0.4, -0.2) is 36.7 Å². The van der Waals surface area contributed by atoms with Crippen molar-refractivity contribution in [1.82, 2.24) is 9.29 Å². The highest BCUT2D eigenvalue weighted by Gasteiger charge is 2.31. The molecule has 1 N–H and O–H groups in total. The van der Waals surface area contributed by atoms with Crippen LogP contribution in [0.15, 0.2) is 58.8 Å². The van der Waals surface area contributed by atoms with E-state index in [0.717, 1.165) is 17.7 Å². The van der Waals surface area contributed by atoms with Gasteiger partial charge in [0, 0.05) is 29.6 Å². The second-order valence-corrected chi connectivity index (χ2v) is 11.4. The Morgan fingerprint density at radius 1 is 1.03 bits per heavy atom. The Kier molecular flexibility index (Phi) is 6.46. The lowest BCUT2D eigenvalue weighted by molar-refractivity contribution is 0.102. The summed E-state index contributed by atoms with van der Waals surface area (Å²) in [5.41, 5.74) is 3.35. The maximum Gasteiger partial charge on any atom is 0.257 e. The fourth-order valence-corrected chi connectivity index (χ4v) is 6.48. The molecule has 0 saturated carbocycles. The van der Waals surface area contributed by atoms with E-state index in [4.69, 9.17) is 0 Å². The van der Waals surface area contributed by atoms with Crippen molar-refractivity contribution < 1.29 is 13.2 Å². The number of hydrogen-bond donors (Lipinski definition) is 1. The lowest BCUT2D eigenvalue weighted by Crippen LogP contribution is -2.42. The highest BCUT2D eigenvalue weighted by Crippen LogP contribution is 2.28. The first-order valence-electron chi connectivity index (χ1n) is 10.7. The molecule has 1 fully saturated rings. The number of carbonyl (C=O) groups is 1. The lowest BCUT2D eigenvalue weighted by Gasteiger charge is -2.34. The molecule has 1 aliphatic heterocycles. The Bertz CT molecular complexity index is 1190. The number of hydrogen-bond acceptors (Lipinski definition) is 5. The van der Waals surface area contributed by atoms with E-state index in [1.165, 1.54) is 29.0 Å². The van der Waals surface area contributed by atoms with Crippen molar-refractivity contribution in [3.63, 3.8) is 0 Å². The number of aromatic nitrogens is 1. The first-order chi connectivity index (χ1) is 15.2. The van der Waals surface area contributed by atoms with Crippen molar-refractivity contribution in [3.05, 3.63) is 65.0 Å². The van der Waals surface area contributed by atoms with Gasteiger partial charge in [-0.2, -0.15) is 4.31 Å². The minimum absolute atomic E-state index is 0.214. The van der Waals surface area contributed by atoms with Gasteiger partial charge in [-0.25, -0.2) is 13.4 Å². The molecule has 0 aliphatic carbocycles. The monoisotopic (exact) mass is 469 g/mol. The second kappa shape index (κ2) is 9.13. The highest BCUT2D eigenvalue weighted by atomic mass is 32.2. The summed E-state index contributed by atoms with van der Waals surface area (Å²) in [5.74, 6) is 0.349. The van der Waals surface area contributed by atoms with Crippen LogP contribution in [0.1, 0.15) is 36.2 Å². The van der Waals surface area contributed by atoms with Crippen LogP contribution in [0, 0.1) is 18.8 Å². The maximum absolute atomic E-state index is 13.0. The SMILES string of the molecule is Cc1ccc(-c2csc(NC(=O)c3ccc(S(=O)(=O)N4CC(C)CC(C)C4)cc3)n2)cc1. The first-order valence-corrected chi connectivity index (χ1v) is 13.0. The van der Waals surface area contributed by atoms with E-state index in [9.17, 15) is 13.2 Å². The number of piperidine rings is 1. The lowest BCUT2D eigenvalue weighted by atomic mass is 9.94. The van der Waals surface area contributed by atoms with Gasteiger partial charge in [0.05, 0.1) is 10.6 Å². The van der Waals surface area contributed by atoms with E-state index < -0.39 is 10.0 Å². The highest BCUT2D eigenvalue weighted by molar-refractivity contribution is 7.89. The third-order valence-corrected chi connectivity index (χ3v) is 8.27. The molecule has 1 aromatic heterocycles. The smallest absolute Gasteiger partial charge is 0.257 e. The van der Waals surface area contributed by atoms with E-state index >= 15 is 0 Å². The van der Waals surface area contributed by atoms with Crippen molar-refractivity contribution in [2.75, 3.05) is 18.4 Å². The van der Waals surface area contributed by atoms with Crippen LogP contribution in [-0.2, 0) is 10.0 Å². The molecule has 2 heterocycles. The fourth-order valence-electron chi connectivity index (χ4n) is 4.09. The molecule has 0 radical (unpaired) electrons. The number of nitrogens with one attached hydrogen (secondary N) is 1. The van der Waals surface area contributed by atoms with Crippen LogP contribution in [0.5, 0.6) is 0 Å². The van der Waals surface area contributed by atoms with Gasteiger partial charge in [0.15, 0.2) is 5.13 Å². The van der Waals surface area contributed by atoms with Crippen LogP contribution < -0.4 is 5.32 Å². The zero-order valence-corrected chi connectivity index (χ0v) is 20.0. The Morgan fingerprint density at radius 3 is 2.28 bits per heavy atom. The number of amides is 1. The molecule has 8 heteroatoms. The van der Waals surface area contributed by atoms with Crippen LogP contribution in [0.4, 0.5) is 5.13 Å². The molecule has 1 amide bonds. The third-order valence-electron chi connectivity index (χ3n) is 5.66. The van der Waals surface area contributed by atoms with Gasteiger partial charge in [0.25, 0.3) is 5.91 Å². The summed E-state index contributed by atoms with van der Waals surface area (Å²) in [4.78, 5) is 17.4. The summed E-state index contributed by atoms with van der Waals surface area (Å²) in [6, 6.07) is 14.2. The third kappa shape index (κ3) is 4.92. The zero-order valence-electron chi connectivity index (χ0n) is 18.4. The minimum atomic E-state index is -3.57. The zero-order chi connectivity index (χ0) is 22.9. The van der Waals surface area contributed by atoms with Crippen LogP contribution in [0.25, 0.3) is 11.3 Å². The molecule has 4 rings (SSSR count). The van der Waals surface area contributed by atoms with Crippen LogP contribution in [0.2, 0.25) is 0 Å². The normalized spacial score (nSPS) is 19.6. The van der Waals surface area contributed by atoms with Crippen molar-refractivity contribution in [1.29, 1.82) is 0 Å². The summed E-state index contributed by atoms with van der Waals surface area (Å²) in [7, 11) is -3.57. The van der Waals surface area contributed by atoms with Gasteiger partial charge in [-0.15, -0.1) is 11.3 Å². The largest absolute Gasteiger partial charge is 0.298 e. The molecule has 168 valence electrons. The predicted molar refractivity (Wildman–Crippen MR) is 128 cm³/mol. The van der Waals surface area contributed by atoms with Crippen LogP contribution in [0.3, 0.4) is 0 Å².